The third-order valence-corrected chi connectivity index (χ3v) is 4.47. The van der Waals surface area contributed by atoms with Gasteiger partial charge in [0.15, 0.2) is 0 Å². The van der Waals surface area contributed by atoms with E-state index in [4.69, 9.17) is 0 Å². The molecule has 1 atom stereocenters. The van der Waals surface area contributed by atoms with Crippen LogP contribution in [0.1, 0.15) is 64.7 Å². The van der Waals surface area contributed by atoms with Crippen molar-refractivity contribution >= 4 is 6.03 Å². The molecule has 1 heterocycles. The molecule has 1 fully saturated rings. The molecule has 1 aliphatic carbocycles. The lowest BCUT2D eigenvalue weighted by Gasteiger charge is -2.35. The maximum atomic E-state index is 12.2. The predicted molar refractivity (Wildman–Crippen MR) is 79.2 cm³/mol. The van der Waals surface area contributed by atoms with Crippen molar-refractivity contribution < 1.29 is 4.79 Å². The third-order valence-electron chi connectivity index (χ3n) is 4.47. The second-order valence-corrected chi connectivity index (χ2v) is 5.84. The molecule has 0 radical (unpaired) electrons. The molecule has 2 aliphatic rings. The van der Waals surface area contributed by atoms with Crippen LogP contribution < -0.4 is 5.32 Å². The van der Waals surface area contributed by atoms with Crippen LogP contribution in [0.15, 0.2) is 11.6 Å². The summed E-state index contributed by atoms with van der Waals surface area (Å²) >= 11 is 0. The van der Waals surface area contributed by atoms with Gasteiger partial charge in [0.2, 0.25) is 0 Å². The number of carbonyl (C=O) groups is 1. The highest BCUT2D eigenvalue weighted by Gasteiger charge is 2.24. The van der Waals surface area contributed by atoms with Crippen LogP contribution in [0.5, 0.6) is 0 Å². The van der Waals surface area contributed by atoms with Gasteiger partial charge in [0.25, 0.3) is 0 Å². The Bertz CT molecular complexity index is 325. The summed E-state index contributed by atoms with van der Waals surface area (Å²) in [5, 5.41) is 3.11. The Hall–Kier alpha value is -0.990. The SMILES string of the molecule is CCC1CCCCN1C(=O)NCCC1=CCCCC1. The number of rotatable bonds is 4. The van der Waals surface area contributed by atoms with E-state index >= 15 is 0 Å². The Kier molecular flexibility index (Phi) is 5.74. The molecule has 0 spiro atoms. The third kappa shape index (κ3) is 4.26. The van der Waals surface area contributed by atoms with E-state index in [0.717, 1.165) is 32.4 Å². The van der Waals surface area contributed by atoms with Gasteiger partial charge in [0.1, 0.15) is 0 Å². The van der Waals surface area contributed by atoms with E-state index in [1.165, 1.54) is 44.1 Å². The second kappa shape index (κ2) is 7.56. The highest BCUT2D eigenvalue weighted by atomic mass is 16.2. The van der Waals surface area contributed by atoms with Crippen molar-refractivity contribution in [3.63, 3.8) is 0 Å². The maximum absolute atomic E-state index is 12.2. The molecule has 3 nitrogen and oxygen atoms in total. The van der Waals surface area contributed by atoms with E-state index in [2.05, 4.69) is 23.2 Å². The molecule has 1 N–H and O–H groups in total. The summed E-state index contributed by atoms with van der Waals surface area (Å²) in [6, 6.07) is 0.616. The van der Waals surface area contributed by atoms with Crippen LogP contribution >= 0.6 is 0 Å². The average Bonchev–Trinajstić information content (AvgIpc) is 2.48. The van der Waals surface area contributed by atoms with Crippen molar-refractivity contribution in [3.05, 3.63) is 11.6 Å². The number of likely N-dealkylation sites (tertiary alicyclic amines) is 1. The molecule has 0 saturated carbocycles. The van der Waals surface area contributed by atoms with E-state index in [1.54, 1.807) is 0 Å². The summed E-state index contributed by atoms with van der Waals surface area (Å²) in [7, 11) is 0. The number of nitrogens with one attached hydrogen (secondary N) is 1. The summed E-state index contributed by atoms with van der Waals surface area (Å²) in [5.41, 5.74) is 1.54. The number of hydrogen-bond donors (Lipinski definition) is 1. The number of carbonyl (C=O) groups excluding carboxylic acids is 1. The first-order chi connectivity index (χ1) is 9.31. The lowest BCUT2D eigenvalue weighted by molar-refractivity contribution is 0.149. The van der Waals surface area contributed by atoms with Crippen molar-refractivity contribution in [2.24, 2.45) is 0 Å². The number of hydrogen-bond acceptors (Lipinski definition) is 1. The minimum absolute atomic E-state index is 0.156. The number of amides is 2. The minimum Gasteiger partial charge on any atom is -0.338 e. The molecule has 1 aliphatic heterocycles. The molecule has 0 bridgehead atoms. The van der Waals surface area contributed by atoms with Gasteiger partial charge in [-0.3, -0.25) is 0 Å². The van der Waals surface area contributed by atoms with E-state index in [-0.39, 0.29) is 6.03 Å². The van der Waals surface area contributed by atoms with Crippen LogP contribution in [0, 0.1) is 0 Å². The monoisotopic (exact) mass is 264 g/mol. The van der Waals surface area contributed by atoms with Gasteiger partial charge in [-0.2, -0.15) is 0 Å². The van der Waals surface area contributed by atoms with Gasteiger partial charge in [-0.1, -0.05) is 18.6 Å². The topological polar surface area (TPSA) is 32.3 Å². The quantitative estimate of drug-likeness (QED) is 0.768. The molecule has 2 amide bonds. The summed E-state index contributed by atoms with van der Waals surface area (Å²) in [5.74, 6) is 0. The van der Waals surface area contributed by atoms with Crippen LogP contribution in [-0.4, -0.2) is 30.1 Å². The van der Waals surface area contributed by atoms with Crippen LogP contribution in [0.2, 0.25) is 0 Å². The van der Waals surface area contributed by atoms with Crippen LogP contribution in [-0.2, 0) is 0 Å². The van der Waals surface area contributed by atoms with Crippen molar-refractivity contribution in [1.29, 1.82) is 0 Å². The zero-order valence-corrected chi connectivity index (χ0v) is 12.3. The van der Waals surface area contributed by atoms with Gasteiger partial charge >= 0.3 is 6.03 Å². The summed E-state index contributed by atoms with van der Waals surface area (Å²) in [6.45, 7) is 3.92. The van der Waals surface area contributed by atoms with E-state index in [1.807, 2.05) is 0 Å². The zero-order valence-electron chi connectivity index (χ0n) is 12.3. The number of allylic oxidation sites excluding steroid dienone is 1. The molecule has 2 rings (SSSR count). The Morgan fingerprint density at radius 2 is 2.26 bits per heavy atom. The molecule has 1 unspecified atom stereocenters. The lowest BCUT2D eigenvalue weighted by atomic mass is 9.97. The number of nitrogens with zero attached hydrogens (tertiary/aromatic N) is 1. The summed E-state index contributed by atoms with van der Waals surface area (Å²) < 4.78 is 0. The fraction of sp³-hybridized carbons (Fsp3) is 0.812. The van der Waals surface area contributed by atoms with Crippen LogP contribution in [0.3, 0.4) is 0 Å². The summed E-state index contributed by atoms with van der Waals surface area (Å²) in [4.78, 5) is 14.3. The van der Waals surface area contributed by atoms with E-state index in [0.29, 0.717) is 6.04 Å². The largest absolute Gasteiger partial charge is 0.338 e. The molecule has 108 valence electrons. The number of urea groups is 1. The second-order valence-electron chi connectivity index (χ2n) is 5.84. The van der Waals surface area contributed by atoms with Crippen LogP contribution in [0.25, 0.3) is 0 Å². The highest BCUT2D eigenvalue weighted by molar-refractivity contribution is 5.74. The van der Waals surface area contributed by atoms with Crippen molar-refractivity contribution in [1.82, 2.24) is 10.2 Å². The van der Waals surface area contributed by atoms with Gasteiger partial charge in [0.05, 0.1) is 0 Å². The van der Waals surface area contributed by atoms with Crippen molar-refractivity contribution in [2.75, 3.05) is 13.1 Å². The Labute approximate surface area is 117 Å². The fourth-order valence-corrected chi connectivity index (χ4v) is 3.26. The van der Waals surface area contributed by atoms with Crippen molar-refractivity contribution in [3.8, 4) is 0 Å². The zero-order chi connectivity index (χ0) is 13.5. The van der Waals surface area contributed by atoms with Gasteiger partial charge in [0, 0.05) is 19.1 Å². The summed E-state index contributed by atoms with van der Waals surface area (Å²) in [6.07, 6.45) is 13.2. The Morgan fingerprint density at radius 1 is 1.37 bits per heavy atom. The Morgan fingerprint density at radius 3 is 3.00 bits per heavy atom. The highest BCUT2D eigenvalue weighted by Crippen LogP contribution is 2.21. The first-order valence-electron chi connectivity index (χ1n) is 8.03. The van der Waals surface area contributed by atoms with Gasteiger partial charge in [-0.15, -0.1) is 0 Å². The average molecular weight is 264 g/mol. The standard InChI is InChI=1S/C16H28N2O/c1-2-15-10-6-7-13-18(15)16(19)17-12-11-14-8-4-3-5-9-14/h8,15H,2-7,9-13H2,1H3,(H,17,19). The molecule has 0 aromatic rings. The van der Waals surface area contributed by atoms with Crippen molar-refractivity contribution in [2.45, 2.75) is 70.8 Å². The molecule has 1 saturated heterocycles. The first-order valence-corrected chi connectivity index (χ1v) is 8.03. The minimum atomic E-state index is 0.156. The molecular formula is C16H28N2O. The van der Waals surface area contributed by atoms with Gasteiger partial charge in [-0.25, -0.2) is 4.79 Å². The Balaban J connectivity index is 1.72. The molecule has 0 aromatic heterocycles. The molecular weight excluding hydrogens is 236 g/mol. The van der Waals surface area contributed by atoms with Gasteiger partial charge in [-0.05, 0) is 57.8 Å². The number of piperidine rings is 1. The van der Waals surface area contributed by atoms with Crippen LogP contribution in [0.4, 0.5) is 4.79 Å². The lowest BCUT2D eigenvalue weighted by Crippen LogP contribution is -2.48. The van der Waals surface area contributed by atoms with E-state index in [9.17, 15) is 4.79 Å². The maximum Gasteiger partial charge on any atom is 0.317 e. The predicted octanol–water partition coefficient (Wildman–Crippen LogP) is 3.85. The smallest absolute Gasteiger partial charge is 0.317 e. The normalized spacial score (nSPS) is 23.9. The van der Waals surface area contributed by atoms with Gasteiger partial charge < -0.3 is 10.2 Å². The molecule has 0 aromatic carbocycles. The molecule has 3 heteroatoms. The first kappa shape index (κ1) is 14.4. The fourth-order valence-electron chi connectivity index (χ4n) is 3.26. The van der Waals surface area contributed by atoms with E-state index < -0.39 is 0 Å². The molecule has 19 heavy (non-hydrogen) atoms.